The molecule has 0 saturated heterocycles. The van der Waals surface area contributed by atoms with Crippen LogP contribution in [0.4, 0.5) is 0 Å². The quantitative estimate of drug-likeness (QED) is 0.769. The van der Waals surface area contributed by atoms with Crippen LogP contribution >= 0.6 is 0 Å². The zero-order valence-electron chi connectivity index (χ0n) is 12.8. The molecule has 0 amide bonds. The molecule has 2 aliphatic rings. The number of rotatable bonds is 8. The Morgan fingerprint density at radius 1 is 1.38 bits per heavy atom. The Labute approximate surface area is 127 Å². The first kappa shape index (κ1) is 15.1. The molecule has 1 heterocycles. The minimum atomic E-state index is -3.37. The normalized spacial score (nSPS) is 25.2. The molecule has 3 rings (SSSR count). The molecule has 21 heavy (non-hydrogen) atoms. The Morgan fingerprint density at radius 3 is 2.81 bits per heavy atom. The lowest BCUT2D eigenvalue weighted by atomic mass is 10.2. The standard InChI is InChI=1S/C15H25N3O2S/c1-3-4-11-7-15(11)17-21(19,20)14-8-13(18(2)10-14)9-16-12-5-6-12/h8,10-12,15-17H,3-7,9H2,1-2H3. The number of sulfonamides is 1. The van der Waals surface area contributed by atoms with E-state index in [9.17, 15) is 8.42 Å². The van der Waals surface area contributed by atoms with Crippen LogP contribution in [0.1, 0.15) is 44.7 Å². The summed E-state index contributed by atoms with van der Waals surface area (Å²) >= 11 is 0. The molecule has 6 heteroatoms. The Balaban J connectivity index is 1.63. The molecule has 2 unspecified atom stereocenters. The number of aromatic nitrogens is 1. The summed E-state index contributed by atoms with van der Waals surface area (Å²) in [5, 5.41) is 3.42. The Bertz CT molecular complexity index is 604. The Hall–Kier alpha value is -0.850. The van der Waals surface area contributed by atoms with Crippen molar-refractivity contribution in [2.45, 2.75) is 62.6 Å². The smallest absolute Gasteiger partial charge is 0.242 e. The molecule has 0 aromatic carbocycles. The Morgan fingerprint density at radius 2 is 2.14 bits per heavy atom. The van der Waals surface area contributed by atoms with E-state index in [0.29, 0.717) is 16.9 Å². The van der Waals surface area contributed by atoms with Crippen molar-refractivity contribution in [1.82, 2.24) is 14.6 Å². The van der Waals surface area contributed by atoms with Crippen molar-refractivity contribution in [3.63, 3.8) is 0 Å². The highest BCUT2D eigenvalue weighted by molar-refractivity contribution is 7.89. The summed E-state index contributed by atoms with van der Waals surface area (Å²) in [5.74, 6) is 0.532. The number of aryl methyl sites for hydroxylation is 1. The van der Waals surface area contributed by atoms with Crippen LogP contribution < -0.4 is 10.0 Å². The molecular formula is C15H25N3O2S. The fourth-order valence-electron chi connectivity index (χ4n) is 2.79. The second-order valence-corrected chi connectivity index (χ2v) is 8.16. The van der Waals surface area contributed by atoms with Gasteiger partial charge in [0.15, 0.2) is 0 Å². The predicted molar refractivity (Wildman–Crippen MR) is 82.4 cm³/mol. The monoisotopic (exact) mass is 311 g/mol. The molecule has 2 saturated carbocycles. The number of hydrogen-bond donors (Lipinski definition) is 2. The molecule has 2 aliphatic carbocycles. The fraction of sp³-hybridized carbons (Fsp3) is 0.733. The number of hydrogen-bond acceptors (Lipinski definition) is 3. The third kappa shape index (κ3) is 3.67. The van der Waals surface area contributed by atoms with Gasteiger partial charge in [0.1, 0.15) is 0 Å². The van der Waals surface area contributed by atoms with Gasteiger partial charge >= 0.3 is 0 Å². The topological polar surface area (TPSA) is 63.1 Å². The van der Waals surface area contributed by atoms with Crippen LogP contribution in [0.15, 0.2) is 17.2 Å². The molecule has 1 aromatic rings. The van der Waals surface area contributed by atoms with Crippen molar-refractivity contribution < 1.29 is 8.42 Å². The van der Waals surface area contributed by atoms with E-state index in [1.54, 1.807) is 12.3 Å². The van der Waals surface area contributed by atoms with Crippen LogP contribution in [-0.4, -0.2) is 25.1 Å². The van der Waals surface area contributed by atoms with E-state index in [0.717, 1.165) is 31.5 Å². The lowest BCUT2D eigenvalue weighted by Crippen LogP contribution is -2.26. The maximum atomic E-state index is 12.4. The first-order valence-corrected chi connectivity index (χ1v) is 9.39. The van der Waals surface area contributed by atoms with Gasteiger partial charge in [0.2, 0.25) is 10.0 Å². The molecular weight excluding hydrogens is 286 g/mol. The highest BCUT2D eigenvalue weighted by Crippen LogP contribution is 2.35. The van der Waals surface area contributed by atoms with Gasteiger partial charge in [-0.25, -0.2) is 13.1 Å². The molecule has 5 nitrogen and oxygen atoms in total. The molecule has 2 N–H and O–H groups in total. The summed E-state index contributed by atoms with van der Waals surface area (Å²) < 4.78 is 29.5. The third-order valence-corrected chi connectivity index (χ3v) is 5.89. The van der Waals surface area contributed by atoms with E-state index in [2.05, 4.69) is 17.0 Å². The van der Waals surface area contributed by atoms with Gasteiger partial charge in [-0.3, -0.25) is 0 Å². The van der Waals surface area contributed by atoms with Gasteiger partial charge in [-0.15, -0.1) is 0 Å². The van der Waals surface area contributed by atoms with Gasteiger partial charge in [0, 0.05) is 37.6 Å². The summed E-state index contributed by atoms with van der Waals surface area (Å²) in [4.78, 5) is 0.389. The van der Waals surface area contributed by atoms with Gasteiger partial charge in [0.05, 0.1) is 4.90 Å². The first-order chi connectivity index (χ1) is 9.99. The van der Waals surface area contributed by atoms with Gasteiger partial charge in [-0.05, 0) is 37.7 Å². The van der Waals surface area contributed by atoms with E-state index in [-0.39, 0.29) is 6.04 Å². The van der Waals surface area contributed by atoms with Gasteiger partial charge < -0.3 is 9.88 Å². The molecule has 0 radical (unpaired) electrons. The van der Waals surface area contributed by atoms with Crippen molar-refractivity contribution in [1.29, 1.82) is 0 Å². The van der Waals surface area contributed by atoms with Crippen molar-refractivity contribution in [2.24, 2.45) is 13.0 Å². The molecule has 2 fully saturated rings. The van der Waals surface area contributed by atoms with Crippen LogP contribution in [0, 0.1) is 5.92 Å². The highest BCUT2D eigenvalue weighted by Gasteiger charge is 2.39. The number of nitrogens with zero attached hydrogens (tertiary/aromatic N) is 1. The molecule has 2 atom stereocenters. The van der Waals surface area contributed by atoms with Crippen molar-refractivity contribution in [3.05, 3.63) is 18.0 Å². The summed E-state index contributed by atoms with van der Waals surface area (Å²) in [6, 6.07) is 2.55. The summed E-state index contributed by atoms with van der Waals surface area (Å²) in [6.07, 6.45) is 7.39. The van der Waals surface area contributed by atoms with Gasteiger partial charge in [-0.1, -0.05) is 13.3 Å². The van der Waals surface area contributed by atoms with Crippen LogP contribution in [0.2, 0.25) is 0 Å². The predicted octanol–water partition coefficient (Wildman–Crippen LogP) is 1.74. The average molecular weight is 311 g/mol. The van der Waals surface area contributed by atoms with Crippen LogP contribution in [-0.2, 0) is 23.6 Å². The summed E-state index contributed by atoms with van der Waals surface area (Å²) in [6.45, 7) is 2.87. The second kappa shape index (κ2) is 5.74. The molecule has 0 spiro atoms. The average Bonchev–Trinajstić information content (AvgIpc) is 3.32. The molecule has 118 valence electrons. The van der Waals surface area contributed by atoms with Crippen molar-refractivity contribution in [2.75, 3.05) is 0 Å². The van der Waals surface area contributed by atoms with Crippen LogP contribution in [0.3, 0.4) is 0 Å². The minimum absolute atomic E-state index is 0.142. The van der Waals surface area contributed by atoms with E-state index < -0.39 is 10.0 Å². The SMILES string of the molecule is CCCC1CC1NS(=O)(=O)c1cc(CNC2CC2)n(C)c1. The molecule has 1 aromatic heterocycles. The highest BCUT2D eigenvalue weighted by atomic mass is 32.2. The van der Waals surface area contributed by atoms with Gasteiger partial charge in [0.25, 0.3) is 0 Å². The lowest BCUT2D eigenvalue weighted by Gasteiger charge is -2.03. The zero-order valence-corrected chi connectivity index (χ0v) is 13.6. The first-order valence-electron chi connectivity index (χ1n) is 7.90. The third-order valence-electron chi connectivity index (χ3n) is 4.43. The summed E-state index contributed by atoms with van der Waals surface area (Å²) in [7, 11) is -1.47. The van der Waals surface area contributed by atoms with Crippen molar-refractivity contribution >= 4 is 10.0 Å². The van der Waals surface area contributed by atoms with E-state index in [1.165, 1.54) is 12.8 Å². The van der Waals surface area contributed by atoms with E-state index in [1.807, 2.05) is 11.6 Å². The summed E-state index contributed by atoms with van der Waals surface area (Å²) in [5.41, 5.74) is 1.02. The van der Waals surface area contributed by atoms with Gasteiger partial charge in [-0.2, -0.15) is 0 Å². The van der Waals surface area contributed by atoms with E-state index >= 15 is 0 Å². The zero-order chi connectivity index (χ0) is 15.0. The Kier molecular flexibility index (Phi) is 4.12. The maximum absolute atomic E-state index is 12.4. The number of nitrogens with one attached hydrogen (secondary N) is 2. The maximum Gasteiger partial charge on any atom is 0.242 e. The molecule has 0 bridgehead atoms. The largest absolute Gasteiger partial charge is 0.352 e. The molecule has 0 aliphatic heterocycles. The van der Waals surface area contributed by atoms with Crippen molar-refractivity contribution in [3.8, 4) is 0 Å². The second-order valence-electron chi connectivity index (χ2n) is 6.45. The fourth-order valence-corrected chi connectivity index (χ4v) is 4.20. The van der Waals surface area contributed by atoms with Crippen LogP contribution in [0.25, 0.3) is 0 Å². The van der Waals surface area contributed by atoms with Crippen LogP contribution in [0.5, 0.6) is 0 Å². The lowest BCUT2D eigenvalue weighted by molar-refractivity contribution is 0.573. The van der Waals surface area contributed by atoms with E-state index in [4.69, 9.17) is 0 Å². The minimum Gasteiger partial charge on any atom is -0.352 e.